The lowest BCUT2D eigenvalue weighted by molar-refractivity contribution is -0.0238. The van der Waals surface area contributed by atoms with Crippen molar-refractivity contribution in [1.29, 1.82) is 0 Å². The van der Waals surface area contributed by atoms with Crippen LogP contribution in [0, 0.1) is 0 Å². The van der Waals surface area contributed by atoms with Gasteiger partial charge in [-0.3, -0.25) is 0 Å². The Balaban J connectivity index is 3.02. The van der Waals surface area contributed by atoms with Crippen LogP contribution in [0.25, 0.3) is 0 Å². The second-order valence-corrected chi connectivity index (χ2v) is 6.07. The Hall–Kier alpha value is -1.09. The molecule has 0 aromatic rings. The fourth-order valence-corrected chi connectivity index (χ4v) is 1.99. The Bertz CT molecular complexity index is 380. The van der Waals surface area contributed by atoms with Gasteiger partial charge in [-0.1, -0.05) is 0 Å². The standard InChI is InChI=1S/C20H42N2O10/c1-22-20(23)32-19-18-31-17-16-30-15-14-29-13-12-28-11-10-27-9-8-26-7-6-25-5-4-24-3-2-21/h2-19,21H2,1H3,(H,22,23). The van der Waals surface area contributed by atoms with Gasteiger partial charge in [-0.05, 0) is 0 Å². The van der Waals surface area contributed by atoms with Gasteiger partial charge in [0.2, 0.25) is 0 Å². The molecular formula is C20H42N2O10. The van der Waals surface area contributed by atoms with E-state index in [-0.39, 0.29) is 6.61 Å². The summed E-state index contributed by atoms with van der Waals surface area (Å²) < 4.78 is 47.5. The third-order valence-corrected chi connectivity index (χ3v) is 3.53. The van der Waals surface area contributed by atoms with Crippen LogP contribution in [0.4, 0.5) is 4.79 Å². The van der Waals surface area contributed by atoms with E-state index >= 15 is 0 Å². The molecule has 0 radical (unpaired) electrons. The molecule has 0 bridgehead atoms. The van der Waals surface area contributed by atoms with E-state index in [1.54, 1.807) is 0 Å². The number of hydrogen-bond donors (Lipinski definition) is 2. The molecule has 32 heavy (non-hydrogen) atoms. The van der Waals surface area contributed by atoms with Gasteiger partial charge in [0, 0.05) is 13.6 Å². The van der Waals surface area contributed by atoms with Gasteiger partial charge in [-0.2, -0.15) is 0 Å². The van der Waals surface area contributed by atoms with Gasteiger partial charge >= 0.3 is 6.09 Å². The van der Waals surface area contributed by atoms with Crippen molar-refractivity contribution in [3.05, 3.63) is 0 Å². The highest BCUT2D eigenvalue weighted by Gasteiger charge is 1.97. The third kappa shape index (κ3) is 26.9. The van der Waals surface area contributed by atoms with Crippen molar-refractivity contribution in [3.63, 3.8) is 0 Å². The van der Waals surface area contributed by atoms with Gasteiger partial charge in [0.25, 0.3) is 0 Å². The Morgan fingerprint density at radius 1 is 0.500 bits per heavy atom. The lowest BCUT2D eigenvalue weighted by Gasteiger charge is -2.08. The average molecular weight is 471 g/mol. The summed E-state index contributed by atoms with van der Waals surface area (Å²) in [6.45, 7) is 8.69. The lowest BCUT2D eigenvalue weighted by atomic mass is 10.6. The number of alkyl carbamates (subject to hydrolysis) is 1. The molecule has 0 heterocycles. The molecular weight excluding hydrogens is 428 g/mol. The van der Waals surface area contributed by atoms with Crippen molar-refractivity contribution < 1.29 is 47.4 Å². The van der Waals surface area contributed by atoms with Gasteiger partial charge in [0.1, 0.15) is 6.61 Å². The number of amides is 1. The van der Waals surface area contributed by atoms with Crippen LogP contribution >= 0.6 is 0 Å². The van der Waals surface area contributed by atoms with E-state index < -0.39 is 6.09 Å². The van der Waals surface area contributed by atoms with Gasteiger partial charge in [0.15, 0.2) is 0 Å². The van der Waals surface area contributed by atoms with Crippen molar-refractivity contribution >= 4 is 6.09 Å². The fraction of sp³-hybridized carbons (Fsp3) is 0.950. The Morgan fingerprint density at radius 3 is 1.00 bits per heavy atom. The van der Waals surface area contributed by atoms with Crippen LogP contribution < -0.4 is 11.1 Å². The number of rotatable bonds is 26. The first kappa shape index (κ1) is 30.9. The highest BCUT2D eigenvalue weighted by molar-refractivity contribution is 5.66. The summed E-state index contributed by atoms with van der Waals surface area (Å²) in [6.07, 6.45) is -0.470. The van der Waals surface area contributed by atoms with Crippen molar-refractivity contribution in [2.45, 2.75) is 0 Å². The van der Waals surface area contributed by atoms with Crippen LogP contribution in [-0.2, 0) is 42.6 Å². The highest BCUT2D eigenvalue weighted by atomic mass is 16.6. The molecule has 0 fully saturated rings. The first-order valence-corrected chi connectivity index (χ1v) is 11.0. The molecule has 192 valence electrons. The molecule has 3 N–H and O–H groups in total. The number of ether oxygens (including phenoxy) is 9. The first-order valence-electron chi connectivity index (χ1n) is 11.0. The molecule has 0 saturated heterocycles. The first-order chi connectivity index (χ1) is 15.8. The third-order valence-electron chi connectivity index (χ3n) is 3.53. The zero-order valence-electron chi connectivity index (χ0n) is 19.4. The summed E-state index contributed by atoms with van der Waals surface area (Å²) in [7, 11) is 1.50. The van der Waals surface area contributed by atoms with E-state index in [1.165, 1.54) is 7.05 Å². The number of nitrogens with one attached hydrogen (secondary N) is 1. The van der Waals surface area contributed by atoms with Crippen LogP contribution in [0.1, 0.15) is 0 Å². The van der Waals surface area contributed by atoms with E-state index in [0.29, 0.717) is 112 Å². The lowest BCUT2D eigenvalue weighted by Crippen LogP contribution is -2.21. The van der Waals surface area contributed by atoms with Crippen LogP contribution in [0.2, 0.25) is 0 Å². The molecule has 12 nitrogen and oxygen atoms in total. The molecule has 0 aromatic heterocycles. The molecule has 0 atom stereocenters. The maximum atomic E-state index is 10.8. The minimum Gasteiger partial charge on any atom is -0.447 e. The molecule has 0 spiro atoms. The molecule has 0 rings (SSSR count). The van der Waals surface area contributed by atoms with Crippen molar-refractivity contribution in [3.8, 4) is 0 Å². The summed E-state index contributed by atoms with van der Waals surface area (Å²) in [5.74, 6) is 0. The minimum absolute atomic E-state index is 0.212. The van der Waals surface area contributed by atoms with Crippen molar-refractivity contribution in [1.82, 2.24) is 5.32 Å². The summed E-state index contributed by atoms with van der Waals surface area (Å²) in [5.41, 5.74) is 5.31. The van der Waals surface area contributed by atoms with Crippen LogP contribution in [0.15, 0.2) is 0 Å². The summed E-state index contributed by atoms with van der Waals surface area (Å²) in [6, 6.07) is 0. The normalized spacial score (nSPS) is 11.1. The molecule has 0 saturated carbocycles. The van der Waals surface area contributed by atoms with Gasteiger partial charge in [0.05, 0.1) is 106 Å². The predicted octanol–water partition coefficient (Wildman–Crippen LogP) is -0.566. The largest absolute Gasteiger partial charge is 0.447 e. The Morgan fingerprint density at radius 2 is 0.750 bits per heavy atom. The van der Waals surface area contributed by atoms with Crippen molar-refractivity contribution in [2.24, 2.45) is 5.73 Å². The van der Waals surface area contributed by atoms with Gasteiger partial charge in [-0.15, -0.1) is 0 Å². The Labute approximate surface area is 191 Å². The molecule has 0 aliphatic rings. The predicted molar refractivity (Wildman–Crippen MR) is 116 cm³/mol. The zero-order valence-corrected chi connectivity index (χ0v) is 19.4. The van der Waals surface area contributed by atoms with Gasteiger partial charge in [-0.25, -0.2) is 4.79 Å². The maximum Gasteiger partial charge on any atom is 0.406 e. The number of hydrogen-bond acceptors (Lipinski definition) is 11. The molecule has 0 aromatic carbocycles. The second-order valence-electron chi connectivity index (χ2n) is 6.07. The molecule has 12 heteroatoms. The number of carbonyl (C=O) groups excluding carboxylic acids is 1. The van der Waals surface area contributed by atoms with E-state index in [1.807, 2.05) is 0 Å². The van der Waals surface area contributed by atoms with E-state index in [0.717, 1.165) is 0 Å². The fourth-order valence-electron chi connectivity index (χ4n) is 1.99. The van der Waals surface area contributed by atoms with E-state index in [2.05, 4.69) is 5.32 Å². The maximum absolute atomic E-state index is 10.8. The molecule has 0 aliphatic heterocycles. The summed E-state index contributed by atoms with van der Waals surface area (Å²) >= 11 is 0. The monoisotopic (exact) mass is 470 g/mol. The average Bonchev–Trinajstić information content (AvgIpc) is 2.81. The zero-order chi connectivity index (χ0) is 23.4. The SMILES string of the molecule is CNC(=O)OCCOCCOCCOCCOCCOCCOCCOCCOCCN. The van der Waals surface area contributed by atoms with E-state index in [9.17, 15) is 4.79 Å². The smallest absolute Gasteiger partial charge is 0.406 e. The van der Waals surface area contributed by atoms with Crippen molar-refractivity contribution in [2.75, 3.05) is 126 Å². The number of carbonyl (C=O) groups is 1. The van der Waals surface area contributed by atoms with Crippen LogP contribution in [0.3, 0.4) is 0 Å². The highest BCUT2D eigenvalue weighted by Crippen LogP contribution is 1.86. The molecule has 0 aliphatic carbocycles. The minimum atomic E-state index is -0.470. The molecule has 1 amide bonds. The summed E-state index contributed by atoms with van der Waals surface area (Å²) in [4.78, 5) is 10.8. The van der Waals surface area contributed by atoms with Crippen LogP contribution in [0.5, 0.6) is 0 Å². The molecule has 0 unspecified atom stereocenters. The quantitative estimate of drug-likeness (QED) is 0.157. The topological polar surface area (TPSA) is 138 Å². The number of nitrogens with two attached hydrogens (primary N) is 1. The Kier molecular flexibility index (Phi) is 27.0. The summed E-state index contributed by atoms with van der Waals surface area (Å²) in [5, 5.41) is 2.35. The van der Waals surface area contributed by atoms with E-state index in [4.69, 9.17) is 48.4 Å². The second kappa shape index (κ2) is 27.9. The van der Waals surface area contributed by atoms with Crippen LogP contribution in [-0.4, -0.2) is 132 Å². The van der Waals surface area contributed by atoms with Gasteiger partial charge < -0.3 is 53.7 Å².